The molecule has 2 aromatic rings. The number of rotatable bonds is 3. The molecule has 0 aliphatic rings. The van der Waals surface area contributed by atoms with Gasteiger partial charge in [-0.3, -0.25) is 9.48 Å². The first-order valence-corrected chi connectivity index (χ1v) is 5.78. The van der Waals surface area contributed by atoms with Gasteiger partial charge in [0.25, 0.3) is 0 Å². The molecule has 94 valence electrons. The Labute approximate surface area is 110 Å². The van der Waals surface area contributed by atoms with Gasteiger partial charge in [-0.25, -0.2) is 0 Å². The van der Waals surface area contributed by atoms with E-state index in [4.69, 9.17) is 16.3 Å². The number of ether oxygens (including phenoxy) is 1. The first-order valence-electron chi connectivity index (χ1n) is 5.40. The maximum absolute atomic E-state index is 11.1. The van der Waals surface area contributed by atoms with Crippen LogP contribution in [-0.4, -0.2) is 23.2 Å². The number of carbonyl (C=O) groups is 1. The lowest BCUT2D eigenvalue weighted by Gasteiger charge is -2.13. The van der Waals surface area contributed by atoms with E-state index in [-0.39, 0.29) is 0 Å². The molecule has 1 aromatic carbocycles. The Morgan fingerprint density at radius 2 is 2.17 bits per heavy atom. The number of hydrogen-bond acceptors (Lipinski definition) is 3. The van der Waals surface area contributed by atoms with E-state index in [1.165, 1.54) is 6.20 Å². The van der Waals surface area contributed by atoms with E-state index in [1.54, 1.807) is 24.9 Å². The fraction of sp³-hybridized carbons (Fsp3) is 0.231. The van der Waals surface area contributed by atoms with Crippen molar-refractivity contribution in [1.82, 2.24) is 9.78 Å². The molecule has 0 fully saturated rings. The van der Waals surface area contributed by atoms with Gasteiger partial charge in [0.1, 0.15) is 5.75 Å². The molecule has 0 bridgehead atoms. The van der Waals surface area contributed by atoms with Gasteiger partial charge >= 0.3 is 0 Å². The normalized spacial score (nSPS) is 10.4. The van der Waals surface area contributed by atoms with Crippen molar-refractivity contribution in [2.24, 2.45) is 7.05 Å². The number of aryl methyl sites for hydroxylation is 2. The van der Waals surface area contributed by atoms with Crippen molar-refractivity contribution in [2.75, 3.05) is 7.11 Å². The standard InChI is InChI=1S/C13H13ClN2O2/c1-8-4-10(14)5-11(13(8)18-3)12-9(7-17)6-15-16(12)2/h4-7H,1-3H3. The quantitative estimate of drug-likeness (QED) is 0.801. The van der Waals surface area contributed by atoms with E-state index in [9.17, 15) is 4.79 Å². The minimum atomic E-state index is 0.512. The van der Waals surface area contributed by atoms with Crippen molar-refractivity contribution >= 4 is 17.9 Å². The molecular weight excluding hydrogens is 252 g/mol. The predicted molar refractivity (Wildman–Crippen MR) is 70.3 cm³/mol. The summed E-state index contributed by atoms with van der Waals surface area (Å²) in [6, 6.07) is 3.60. The van der Waals surface area contributed by atoms with E-state index >= 15 is 0 Å². The molecular formula is C13H13ClN2O2. The van der Waals surface area contributed by atoms with E-state index in [2.05, 4.69) is 5.10 Å². The van der Waals surface area contributed by atoms with Crippen molar-refractivity contribution in [3.05, 3.63) is 34.5 Å². The first kappa shape index (κ1) is 12.6. The molecule has 0 atom stereocenters. The zero-order valence-electron chi connectivity index (χ0n) is 10.4. The summed E-state index contributed by atoms with van der Waals surface area (Å²) in [7, 11) is 3.37. The zero-order valence-corrected chi connectivity index (χ0v) is 11.2. The first-order chi connectivity index (χ1) is 8.58. The van der Waals surface area contributed by atoms with Crippen molar-refractivity contribution in [3.8, 4) is 17.0 Å². The Kier molecular flexibility index (Phi) is 3.39. The largest absolute Gasteiger partial charge is 0.496 e. The Balaban J connectivity index is 2.77. The smallest absolute Gasteiger partial charge is 0.153 e. The SMILES string of the molecule is COc1c(C)cc(Cl)cc1-c1c(C=O)cnn1C. The maximum atomic E-state index is 11.1. The Hall–Kier alpha value is -1.81. The van der Waals surface area contributed by atoms with Gasteiger partial charge in [-0.15, -0.1) is 0 Å². The highest BCUT2D eigenvalue weighted by Gasteiger charge is 2.17. The molecule has 0 N–H and O–H groups in total. The summed E-state index contributed by atoms with van der Waals surface area (Å²) in [6.45, 7) is 1.91. The van der Waals surface area contributed by atoms with E-state index in [1.807, 2.05) is 13.0 Å². The summed E-state index contributed by atoms with van der Waals surface area (Å²) in [4.78, 5) is 11.1. The van der Waals surface area contributed by atoms with E-state index < -0.39 is 0 Å². The number of benzene rings is 1. The van der Waals surface area contributed by atoms with Gasteiger partial charge in [-0.05, 0) is 24.6 Å². The summed E-state index contributed by atoms with van der Waals surface area (Å²) < 4.78 is 7.03. The molecule has 0 aliphatic carbocycles. The lowest BCUT2D eigenvalue weighted by atomic mass is 10.0. The van der Waals surface area contributed by atoms with Gasteiger partial charge in [0.2, 0.25) is 0 Å². The molecule has 5 heteroatoms. The van der Waals surface area contributed by atoms with Crippen LogP contribution >= 0.6 is 11.6 Å². The molecule has 2 rings (SSSR count). The van der Waals surface area contributed by atoms with E-state index in [0.717, 1.165) is 17.4 Å². The van der Waals surface area contributed by atoms with Gasteiger partial charge < -0.3 is 4.74 Å². The highest BCUT2D eigenvalue weighted by Crippen LogP contribution is 2.36. The number of halogens is 1. The van der Waals surface area contributed by atoms with Crippen LogP contribution in [0.1, 0.15) is 15.9 Å². The van der Waals surface area contributed by atoms with Crippen LogP contribution in [0, 0.1) is 6.92 Å². The second kappa shape index (κ2) is 4.82. The van der Waals surface area contributed by atoms with E-state index in [0.29, 0.717) is 22.0 Å². The Morgan fingerprint density at radius 3 is 2.78 bits per heavy atom. The van der Waals surface area contributed by atoms with Gasteiger partial charge in [-0.2, -0.15) is 5.10 Å². The molecule has 0 unspecified atom stereocenters. The molecule has 18 heavy (non-hydrogen) atoms. The summed E-state index contributed by atoms with van der Waals surface area (Å²) in [5.74, 6) is 0.700. The topological polar surface area (TPSA) is 44.1 Å². The average molecular weight is 265 g/mol. The van der Waals surface area contributed by atoms with Crippen molar-refractivity contribution in [2.45, 2.75) is 6.92 Å². The molecule has 0 radical (unpaired) electrons. The van der Waals surface area contributed by atoms with Crippen LogP contribution in [0.5, 0.6) is 5.75 Å². The third-order valence-electron chi connectivity index (χ3n) is 2.79. The molecule has 0 spiro atoms. The third-order valence-corrected chi connectivity index (χ3v) is 3.01. The molecule has 0 saturated heterocycles. The molecule has 0 aliphatic heterocycles. The van der Waals surface area contributed by atoms with Crippen molar-refractivity contribution in [3.63, 3.8) is 0 Å². The van der Waals surface area contributed by atoms with Crippen molar-refractivity contribution in [1.29, 1.82) is 0 Å². The molecule has 1 heterocycles. The number of aldehydes is 1. The Bertz CT molecular complexity index is 605. The van der Waals surface area contributed by atoms with Gasteiger partial charge in [-0.1, -0.05) is 11.6 Å². The lowest BCUT2D eigenvalue weighted by Crippen LogP contribution is -1.99. The van der Waals surface area contributed by atoms with Crippen LogP contribution in [0.25, 0.3) is 11.3 Å². The van der Waals surface area contributed by atoms with Crippen LogP contribution < -0.4 is 4.74 Å². The number of nitrogens with zero attached hydrogens (tertiary/aromatic N) is 2. The minimum Gasteiger partial charge on any atom is -0.496 e. The average Bonchev–Trinajstić information content (AvgIpc) is 2.69. The fourth-order valence-corrected chi connectivity index (χ4v) is 2.32. The summed E-state index contributed by atoms with van der Waals surface area (Å²) in [6.07, 6.45) is 2.30. The highest BCUT2D eigenvalue weighted by atomic mass is 35.5. The number of methoxy groups -OCH3 is 1. The molecule has 4 nitrogen and oxygen atoms in total. The van der Waals surface area contributed by atoms with Gasteiger partial charge in [0, 0.05) is 17.6 Å². The van der Waals surface area contributed by atoms with Crippen molar-refractivity contribution < 1.29 is 9.53 Å². The monoisotopic (exact) mass is 264 g/mol. The van der Waals surface area contributed by atoms with Crippen LogP contribution in [0.15, 0.2) is 18.3 Å². The molecule has 0 amide bonds. The third kappa shape index (κ3) is 1.99. The number of aromatic nitrogens is 2. The number of hydrogen-bond donors (Lipinski definition) is 0. The van der Waals surface area contributed by atoms with Crippen LogP contribution in [-0.2, 0) is 7.05 Å². The predicted octanol–water partition coefficient (Wildman–Crippen LogP) is 2.87. The van der Waals surface area contributed by atoms with Crippen LogP contribution in [0.3, 0.4) is 0 Å². The molecule has 1 aromatic heterocycles. The molecule has 0 saturated carbocycles. The Morgan fingerprint density at radius 1 is 1.44 bits per heavy atom. The van der Waals surface area contributed by atoms with Gasteiger partial charge in [0.05, 0.1) is 24.6 Å². The highest BCUT2D eigenvalue weighted by molar-refractivity contribution is 6.31. The maximum Gasteiger partial charge on any atom is 0.153 e. The second-order valence-corrected chi connectivity index (χ2v) is 4.43. The van der Waals surface area contributed by atoms with Crippen LogP contribution in [0.2, 0.25) is 5.02 Å². The lowest BCUT2D eigenvalue weighted by molar-refractivity contribution is 0.112. The second-order valence-electron chi connectivity index (χ2n) is 3.99. The minimum absolute atomic E-state index is 0.512. The number of carbonyl (C=O) groups excluding carboxylic acids is 1. The van der Waals surface area contributed by atoms with Gasteiger partial charge in [0.15, 0.2) is 6.29 Å². The summed E-state index contributed by atoms with van der Waals surface area (Å²) in [5.41, 5.74) is 2.90. The fourth-order valence-electron chi connectivity index (χ4n) is 2.05. The zero-order chi connectivity index (χ0) is 13.3. The van der Waals surface area contributed by atoms with Crippen LogP contribution in [0.4, 0.5) is 0 Å². The summed E-state index contributed by atoms with van der Waals surface area (Å²) >= 11 is 6.07. The summed E-state index contributed by atoms with van der Waals surface area (Å²) in [5, 5.41) is 4.68.